The Morgan fingerprint density at radius 3 is 2.81 bits per heavy atom. The number of nitrogens with one attached hydrogen (secondary N) is 2. The molecule has 0 bridgehead atoms. The van der Waals surface area contributed by atoms with Gasteiger partial charge in [-0.3, -0.25) is 9.89 Å². The SMILES string of the molecule is C[C@@H](NC(=O)c1cc(-c2ccsc2)n[nH]1)c1ccc(-n2cncn2)cc1. The number of hydrogen-bond acceptors (Lipinski definition) is 5. The maximum Gasteiger partial charge on any atom is 0.269 e. The van der Waals surface area contributed by atoms with Crippen LogP contribution >= 0.6 is 11.3 Å². The van der Waals surface area contributed by atoms with Crippen molar-refractivity contribution in [1.29, 1.82) is 0 Å². The molecule has 0 spiro atoms. The Morgan fingerprint density at radius 1 is 1.27 bits per heavy atom. The van der Waals surface area contributed by atoms with E-state index in [1.165, 1.54) is 6.33 Å². The van der Waals surface area contributed by atoms with Gasteiger partial charge in [0, 0.05) is 10.9 Å². The highest BCUT2D eigenvalue weighted by Crippen LogP contribution is 2.21. The fourth-order valence-corrected chi connectivity index (χ4v) is 3.26. The van der Waals surface area contributed by atoms with E-state index >= 15 is 0 Å². The van der Waals surface area contributed by atoms with Crippen LogP contribution in [0.5, 0.6) is 0 Å². The van der Waals surface area contributed by atoms with E-state index < -0.39 is 0 Å². The van der Waals surface area contributed by atoms with Crippen LogP contribution in [0.4, 0.5) is 0 Å². The Morgan fingerprint density at radius 2 is 2.12 bits per heavy atom. The van der Waals surface area contributed by atoms with Crippen LogP contribution in [0.15, 0.2) is 59.8 Å². The van der Waals surface area contributed by atoms with Crippen LogP contribution in [-0.2, 0) is 0 Å². The molecule has 130 valence electrons. The summed E-state index contributed by atoms with van der Waals surface area (Å²) >= 11 is 1.60. The Balaban J connectivity index is 1.44. The number of thiophene rings is 1. The van der Waals surface area contributed by atoms with Crippen molar-refractivity contribution in [3.05, 3.63) is 71.1 Å². The van der Waals surface area contributed by atoms with E-state index in [2.05, 4.69) is 25.6 Å². The summed E-state index contributed by atoms with van der Waals surface area (Å²) in [6.07, 6.45) is 3.13. The lowest BCUT2D eigenvalue weighted by molar-refractivity contribution is 0.0935. The number of benzene rings is 1. The van der Waals surface area contributed by atoms with E-state index in [0.29, 0.717) is 5.69 Å². The molecule has 8 heteroatoms. The molecule has 1 atom stereocenters. The number of amides is 1. The molecule has 3 aromatic heterocycles. The van der Waals surface area contributed by atoms with Gasteiger partial charge in [0.15, 0.2) is 0 Å². The molecule has 3 heterocycles. The van der Waals surface area contributed by atoms with Gasteiger partial charge < -0.3 is 5.32 Å². The fraction of sp³-hybridized carbons (Fsp3) is 0.111. The van der Waals surface area contributed by atoms with E-state index in [-0.39, 0.29) is 11.9 Å². The number of H-pyrrole nitrogens is 1. The number of carbonyl (C=O) groups excluding carboxylic acids is 1. The minimum absolute atomic E-state index is 0.139. The first-order valence-electron chi connectivity index (χ1n) is 8.04. The molecule has 0 aliphatic rings. The van der Waals surface area contributed by atoms with Crippen molar-refractivity contribution in [1.82, 2.24) is 30.3 Å². The molecule has 1 amide bonds. The van der Waals surface area contributed by atoms with E-state index in [0.717, 1.165) is 22.5 Å². The number of nitrogens with zero attached hydrogens (tertiary/aromatic N) is 4. The molecule has 4 aromatic rings. The van der Waals surface area contributed by atoms with Crippen molar-refractivity contribution in [2.75, 3.05) is 0 Å². The molecule has 0 saturated heterocycles. The third kappa shape index (κ3) is 3.27. The molecular formula is C18H16N6OS. The second-order valence-electron chi connectivity index (χ2n) is 5.81. The minimum Gasteiger partial charge on any atom is -0.344 e. The van der Waals surface area contributed by atoms with Crippen molar-refractivity contribution in [3.63, 3.8) is 0 Å². The summed E-state index contributed by atoms with van der Waals surface area (Å²) in [6, 6.07) is 11.4. The zero-order chi connectivity index (χ0) is 17.9. The highest BCUT2D eigenvalue weighted by atomic mass is 32.1. The standard InChI is InChI=1S/C18H16N6OS/c1-12(13-2-4-15(5-3-13)24-11-19-10-20-24)21-18(25)17-8-16(22-23-17)14-6-7-26-9-14/h2-12H,1H3,(H,21,25)(H,22,23)/t12-/m1/s1. The lowest BCUT2D eigenvalue weighted by Gasteiger charge is -2.14. The smallest absolute Gasteiger partial charge is 0.269 e. The maximum absolute atomic E-state index is 12.5. The number of rotatable bonds is 5. The summed E-state index contributed by atoms with van der Waals surface area (Å²) < 4.78 is 1.68. The summed E-state index contributed by atoms with van der Waals surface area (Å²) in [7, 11) is 0. The van der Waals surface area contributed by atoms with Crippen LogP contribution in [0.3, 0.4) is 0 Å². The molecule has 0 fully saturated rings. The van der Waals surface area contributed by atoms with Gasteiger partial charge in [0.1, 0.15) is 18.3 Å². The largest absolute Gasteiger partial charge is 0.344 e. The van der Waals surface area contributed by atoms with E-state index in [4.69, 9.17) is 0 Å². The van der Waals surface area contributed by atoms with Gasteiger partial charge in [-0.2, -0.15) is 21.5 Å². The lowest BCUT2D eigenvalue weighted by atomic mass is 10.1. The molecule has 0 saturated carbocycles. The third-order valence-corrected chi connectivity index (χ3v) is 4.75. The maximum atomic E-state index is 12.5. The van der Waals surface area contributed by atoms with Crippen molar-refractivity contribution < 1.29 is 4.79 Å². The Bertz CT molecular complexity index is 989. The van der Waals surface area contributed by atoms with Crippen molar-refractivity contribution in [2.24, 2.45) is 0 Å². The average Bonchev–Trinajstić information content (AvgIpc) is 3.43. The predicted octanol–water partition coefficient (Wildman–Crippen LogP) is 3.21. The summed E-state index contributed by atoms with van der Waals surface area (Å²) in [5.41, 5.74) is 4.12. The first-order valence-corrected chi connectivity index (χ1v) is 8.99. The Hall–Kier alpha value is -3.26. The van der Waals surface area contributed by atoms with Crippen LogP contribution in [0.2, 0.25) is 0 Å². The first-order chi connectivity index (χ1) is 12.7. The van der Waals surface area contributed by atoms with Gasteiger partial charge >= 0.3 is 0 Å². The van der Waals surface area contributed by atoms with E-state index in [9.17, 15) is 4.79 Å². The topological polar surface area (TPSA) is 88.5 Å². The van der Waals surface area contributed by atoms with Crippen molar-refractivity contribution in [2.45, 2.75) is 13.0 Å². The van der Waals surface area contributed by atoms with Gasteiger partial charge in [-0.15, -0.1) is 0 Å². The Labute approximate surface area is 153 Å². The van der Waals surface area contributed by atoms with E-state index in [1.807, 2.05) is 48.0 Å². The van der Waals surface area contributed by atoms with Gasteiger partial charge in [-0.25, -0.2) is 9.67 Å². The number of hydrogen-bond donors (Lipinski definition) is 2. The molecule has 1 aromatic carbocycles. The number of carbonyl (C=O) groups is 1. The summed E-state index contributed by atoms with van der Waals surface area (Å²) in [6.45, 7) is 1.94. The average molecular weight is 364 g/mol. The molecule has 0 aliphatic carbocycles. The molecule has 2 N–H and O–H groups in total. The zero-order valence-electron chi connectivity index (χ0n) is 14.0. The summed E-state index contributed by atoms with van der Waals surface area (Å²) in [4.78, 5) is 16.4. The summed E-state index contributed by atoms with van der Waals surface area (Å²) in [5, 5.41) is 18.1. The predicted molar refractivity (Wildman–Crippen MR) is 99.1 cm³/mol. The molecular weight excluding hydrogens is 348 g/mol. The van der Waals surface area contributed by atoms with Crippen LogP contribution in [0.25, 0.3) is 16.9 Å². The highest BCUT2D eigenvalue weighted by Gasteiger charge is 2.15. The quantitative estimate of drug-likeness (QED) is 0.569. The van der Waals surface area contributed by atoms with Gasteiger partial charge in [0.25, 0.3) is 5.91 Å². The Kier molecular flexibility index (Phi) is 4.32. The molecule has 26 heavy (non-hydrogen) atoms. The number of aromatic nitrogens is 5. The van der Waals surface area contributed by atoms with Crippen LogP contribution in [0, 0.1) is 0 Å². The molecule has 0 radical (unpaired) electrons. The van der Waals surface area contributed by atoms with Crippen LogP contribution in [-0.4, -0.2) is 30.9 Å². The van der Waals surface area contributed by atoms with Gasteiger partial charge in [-0.05, 0) is 42.1 Å². The highest BCUT2D eigenvalue weighted by molar-refractivity contribution is 7.08. The number of aromatic amines is 1. The lowest BCUT2D eigenvalue weighted by Crippen LogP contribution is -2.26. The second kappa shape index (κ2) is 6.93. The fourth-order valence-electron chi connectivity index (χ4n) is 2.61. The monoisotopic (exact) mass is 364 g/mol. The third-order valence-electron chi connectivity index (χ3n) is 4.06. The zero-order valence-corrected chi connectivity index (χ0v) is 14.8. The molecule has 0 unspecified atom stereocenters. The second-order valence-corrected chi connectivity index (χ2v) is 6.59. The minimum atomic E-state index is -0.188. The summed E-state index contributed by atoms with van der Waals surface area (Å²) in [5.74, 6) is -0.188. The van der Waals surface area contributed by atoms with Gasteiger partial charge in [0.05, 0.1) is 17.4 Å². The van der Waals surface area contributed by atoms with E-state index in [1.54, 1.807) is 28.4 Å². The molecule has 0 aliphatic heterocycles. The molecule has 7 nitrogen and oxygen atoms in total. The molecule has 4 rings (SSSR count). The van der Waals surface area contributed by atoms with Gasteiger partial charge in [0.2, 0.25) is 0 Å². The van der Waals surface area contributed by atoms with Gasteiger partial charge in [-0.1, -0.05) is 12.1 Å². The van der Waals surface area contributed by atoms with Crippen molar-refractivity contribution >= 4 is 17.2 Å². The van der Waals surface area contributed by atoms with Crippen LogP contribution < -0.4 is 5.32 Å². The van der Waals surface area contributed by atoms with Crippen LogP contribution in [0.1, 0.15) is 29.0 Å². The normalized spacial score (nSPS) is 12.0. The first kappa shape index (κ1) is 16.2. The van der Waals surface area contributed by atoms with Crippen molar-refractivity contribution in [3.8, 4) is 16.9 Å².